The Hall–Kier alpha value is -1.83. The molecule has 0 radical (unpaired) electrons. The number of anilines is 2. The van der Waals surface area contributed by atoms with Gasteiger partial charge in [0.25, 0.3) is 0 Å². The lowest BCUT2D eigenvalue weighted by molar-refractivity contribution is 0.341. The number of hydrogen-bond donors (Lipinski definition) is 1. The Morgan fingerprint density at radius 3 is 2.89 bits per heavy atom. The summed E-state index contributed by atoms with van der Waals surface area (Å²) in [7, 11) is 2.04. The topological polar surface area (TPSA) is 64.8 Å². The summed E-state index contributed by atoms with van der Waals surface area (Å²) in [5.74, 6) is 2.29. The van der Waals surface area contributed by atoms with E-state index in [0.29, 0.717) is 5.82 Å². The monoisotopic (exact) mass is 259 g/mol. The van der Waals surface area contributed by atoms with Gasteiger partial charge in [0, 0.05) is 19.7 Å². The average molecular weight is 259 g/mol. The lowest BCUT2D eigenvalue weighted by atomic mass is 9.87. The third-order valence-corrected chi connectivity index (χ3v) is 3.83. The fraction of sp³-hybridized carbons (Fsp3) is 0.643. The van der Waals surface area contributed by atoms with E-state index in [2.05, 4.69) is 20.2 Å². The van der Waals surface area contributed by atoms with Gasteiger partial charge in [-0.2, -0.15) is 5.26 Å². The van der Waals surface area contributed by atoms with Gasteiger partial charge in [0.15, 0.2) is 6.19 Å². The molecule has 2 rings (SSSR count). The second kappa shape index (κ2) is 6.93. The van der Waals surface area contributed by atoms with Crippen molar-refractivity contribution in [2.45, 2.75) is 38.5 Å². The van der Waals surface area contributed by atoms with Gasteiger partial charge >= 0.3 is 0 Å². The molecule has 19 heavy (non-hydrogen) atoms. The second-order valence-corrected chi connectivity index (χ2v) is 5.21. The van der Waals surface area contributed by atoms with E-state index in [1.807, 2.05) is 19.3 Å². The molecule has 0 bridgehead atoms. The Kier molecular flexibility index (Phi) is 4.96. The van der Waals surface area contributed by atoms with Crippen LogP contribution >= 0.6 is 0 Å². The van der Waals surface area contributed by atoms with Gasteiger partial charge in [-0.3, -0.25) is 5.32 Å². The van der Waals surface area contributed by atoms with Crippen LogP contribution in [0.25, 0.3) is 0 Å². The SMILES string of the molecule is CN(CCC1CCCCC1)c1cc(NC#N)ncn1. The highest BCUT2D eigenvalue weighted by Crippen LogP contribution is 2.26. The zero-order chi connectivity index (χ0) is 13.5. The fourth-order valence-corrected chi connectivity index (χ4v) is 2.65. The zero-order valence-corrected chi connectivity index (χ0v) is 11.5. The van der Waals surface area contributed by atoms with Crippen molar-refractivity contribution in [2.75, 3.05) is 23.8 Å². The maximum atomic E-state index is 8.59. The van der Waals surface area contributed by atoms with E-state index in [0.717, 1.165) is 18.3 Å². The maximum absolute atomic E-state index is 8.59. The van der Waals surface area contributed by atoms with E-state index in [1.165, 1.54) is 44.9 Å². The highest BCUT2D eigenvalue weighted by atomic mass is 15.2. The molecule has 102 valence electrons. The molecule has 1 heterocycles. The molecule has 0 saturated heterocycles. The number of nitriles is 1. The normalized spacial score (nSPS) is 15.8. The molecule has 1 N–H and O–H groups in total. The van der Waals surface area contributed by atoms with Crippen molar-refractivity contribution < 1.29 is 0 Å². The largest absolute Gasteiger partial charge is 0.360 e. The van der Waals surface area contributed by atoms with Crippen molar-refractivity contribution in [1.82, 2.24) is 9.97 Å². The first-order valence-electron chi connectivity index (χ1n) is 6.98. The highest BCUT2D eigenvalue weighted by Gasteiger charge is 2.14. The first kappa shape index (κ1) is 13.6. The Morgan fingerprint density at radius 2 is 2.16 bits per heavy atom. The summed E-state index contributed by atoms with van der Waals surface area (Å²) < 4.78 is 0. The smallest absolute Gasteiger partial charge is 0.182 e. The Balaban J connectivity index is 1.86. The molecule has 0 unspecified atom stereocenters. The Labute approximate surface area is 114 Å². The molecule has 5 heteroatoms. The molecule has 1 aliphatic rings. The van der Waals surface area contributed by atoms with E-state index < -0.39 is 0 Å². The predicted octanol–water partition coefficient (Wildman–Crippen LogP) is 2.78. The van der Waals surface area contributed by atoms with Gasteiger partial charge in [-0.15, -0.1) is 0 Å². The summed E-state index contributed by atoms with van der Waals surface area (Å²) >= 11 is 0. The molecule has 1 aliphatic carbocycles. The summed E-state index contributed by atoms with van der Waals surface area (Å²) in [5.41, 5.74) is 0. The summed E-state index contributed by atoms with van der Waals surface area (Å²) in [6.07, 6.45) is 11.5. The van der Waals surface area contributed by atoms with Crippen LogP contribution in [0.4, 0.5) is 11.6 Å². The number of rotatable bonds is 5. The van der Waals surface area contributed by atoms with E-state index in [1.54, 1.807) is 0 Å². The van der Waals surface area contributed by atoms with Gasteiger partial charge in [0.05, 0.1) is 0 Å². The standard InChI is InChI=1S/C14H21N5/c1-19(8-7-12-5-3-2-4-6-12)14-9-13(16-10-15)17-11-18-14/h9,11-12H,2-8H2,1H3,(H,16,17,18). The third kappa shape index (κ3) is 4.09. The van der Waals surface area contributed by atoms with Crippen LogP contribution in [0, 0.1) is 17.4 Å². The minimum absolute atomic E-state index is 0.553. The Bertz CT molecular complexity index is 434. The quantitative estimate of drug-likeness (QED) is 0.650. The lowest BCUT2D eigenvalue weighted by Gasteiger charge is -2.25. The minimum atomic E-state index is 0.553. The molecule has 0 atom stereocenters. The lowest BCUT2D eigenvalue weighted by Crippen LogP contribution is -2.23. The van der Waals surface area contributed by atoms with Gasteiger partial charge in [-0.1, -0.05) is 32.1 Å². The van der Waals surface area contributed by atoms with Gasteiger partial charge in [-0.25, -0.2) is 9.97 Å². The molecule has 0 aliphatic heterocycles. The van der Waals surface area contributed by atoms with Crippen molar-refractivity contribution >= 4 is 11.6 Å². The summed E-state index contributed by atoms with van der Waals surface area (Å²) in [6, 6.07) is 1.81. The fourth-order valence-electron chi connectivity index (χ4n) is 2.65. The molecule has 1 aromatic heterocycles. The zero-order valence-electron chi connectivity index (χ0n) is 11.5. The first-order valence-corrected chi connectivity index (χ1v) is 6.98. The molecule has 1 aromatic rings. The predicted molar refractivity (Wildman–Crippen MR) is 75.7 cm³/mol. The summed E-state index contributed by atoms with van der Waals surface area (Å²) in [5, 5.41) is 11.1. The molecule has 1 saturated carbocycles. The van der Waals surface area contributed by atoms with Crippen LogP contribution in [0.1, 0.15) is 38.5 Å². The Morgan fingerprint density at radius 1 is 1.37 bits per heavy atom. The minimum Gasteiger partial charge on any atom is -0.360 e. The van der Waals surface area contributed by atoms with E-state index in [9.17, 15) is 0 Å². The van der Waals surface area contributed by atoms with Gasteiger partial charge in [-0.05, 0) is 12.3 Å². The number of hydrogen-bond acceptors (Lipinski definition) is 5. The van der Waals surface area contributed by atoms with Gasteiger partial charge in [0.1, 0.15) is 18.0 Å². The van der Waals surface area contributed by atoms with Crippen molar-refractivity contribution in [3.05, 3.63) is 12.4 Å². The van der Waals surface area contributed by atoms with Gasteiger partial charge < -0.3 is 4.90 Å². The van der Waals surface area contributed by atoms with Crippen LogP contribution < -0.4 is 10.2 Å². The number of aromatic nitrogens is 2. The van der Waals surface area contributed by atoms with Crippen molar-refractivity contribution in [3.8, 4) is 6.19 Å². The van der Waals surface area contributed by atoms with E-state index in [-0.39, 0.29) is 0 Å². The highest BCUT2D eigenvalue weighted by molar-refractivity contribution is 5.49. The van der Waals surface area contributed by atoms with Crippen LogP contribution in [-0.2, 0) is 0 Å². The van der Waals surface area contributed by atoms with Crippen LogP contribution in [-0.4, -0.2) is 23.6 Å². The van der Waals surface area contributed by atoms with Crippen LogP contribution in [0.15, 0.2) is 12.4 Å². The first-order chi connectivity index (χ1) is 9.29. The van der Waals surface area contributed by atoms with Crippen molar-refractivity contribution in [3.63, 3.8) is 0 Å². The molecule has 5 nitrogen and oxygen atoms in total. The van der Waals surface area contributed by atoms with Crippen LogP contribution in [0.3, 0.4) is 0 Å². The van der Waals surface area contributed by atoms with Crippen LogP contribution in [0.5, 0.6) is 0 Å². The second-order valence-electron chi connectivity index (χ2n) is 5.21. The summed E-state index contributed by atoms with van der Waals surface area (Å²) in [6.45, 7) is 1.01. The number of nitrogens with zero attached hydrogens (tertiary/aromatic N) is 4. The molecule has 0 spiro atoms. The average Bonchev–Trinajstić information content (AvgIpc) is 2.46. The third-order valence-electron chi connectivity index (χ3n) is 3.83. The molecule has 1 fully saturated rings. The molecule has 0 aromatic carbocycles. The molecular weight excluding hydrogens is 238 g/mol. The van der Waals surface area contributed by atoms with Crippen LogP contribution in [0.2, 0.25) is 0 Å². The number of nitrogens with one attached hydrogen (secondary N) is 1. The van der Waals surface area contributed by atoms with Gasteiger partial charge in [0.2, 0.25) is 0 Å². The molecule has 0 amide bonds. The maximum Gasteiger partial charge on any atom is 0.182 e. The molecular formula is C14H21N5. The van der Waals surface area contributed by atoms with E-state index >= 15 is 0 Å². The van der Waals surface area contributed by atoms with E-state index in [4.69, 9.17) is 5.26 Å². The summed E-state index contributed by atoms with van der Waals surface area (Å²) in [4.78, 5) is 10.4. The van der Waals surface area contributed by atoms with Crippen molar-refractivity contribution in [2.24, 2.45) is 5.92 Å². The van der Waals surface area contributed by atoms with Crippen molar-refractivity contribution in [1.29, 1.82) is 5.26 Å².